The maximum absolute atomic E-state index is 5.98. The Balaban J connectivity index is 1.97. The first-order valence-electron chi connectivity index (χ1n) is 6.29. The number of nitrogens with zero attached hydrogens (tertiary/aromatic N) is 2. The molecule has 1 aromatic heterocycles. The summed E-state index contributed by atoms with van der Waals surface area (Å²) in [6.07, 6.45) is 4.50. The van der Waals surface area contributed by atoms with Gasteiger partial charge in [0, 0.05) is 17.4 Å². The van der Waals surface area contributed by atoms with Crippen LogP contribution in [0.4, 0.5) is 0 Å². The van der Waals surface area contributed by atoms with E-state index in [1.165, 1.54) is 0 Å². The molecule has 2 aromatic rings. The van der Waals surface area contributed by atoms with E-state index in [1.807, 2.05) is 31.3 Å². The van der Waals surface area contributed by atoms with E-state index in [9.17, 15) is 0 Å². The van der Waals surface area contributed by atoms with Crippen molar-refractivity contribution in [3.8, 4) is 5.75 Å². The standard InChI is InChI=1S/C14H18ClN3O/c1-11-17-6-7-18(11)8-9-19-14-3-2-13(15)10-12(14)4-5-16/h2-3,6-7,10H,4-5,8-9,16H2,1H3. The van der Waals surface area contributed by atoms with Crippen molar-refractivity contribution in [3.05, 3.63) is 47.0 Å². The molecule has 19 heavy (non-hydrogen) atoms. The number of imidazole rings is 1. The van der Waals surface area contributed by atoms with E-state index >= 15 is 0 Å². The van der Waals surface area contributed by atoms with Crippen LogP contribution in [0, 0.1) is 6.92 Å². The van der Waals surface area contributed by atoms with Crippen LogP contribution < -0.4 is 10.5 Å². The number of benzene rings is 1. The molecule has 0 radical (unpaired) electrons. The maximum Gasteiger partial charge on any atom is 0.122 e. The van der Waals surface area contributed by atoms with Crippen LogP contribution in [-0.4, -0.2) is 22.7 Å². The van der Waals surface area contributed by atoms with Gasteiger partial charge in [0.1, 0.15) is 18.2 Å². The molecule has 0 spiro atoms. The highest BCUT2D eigenvalue weighted by Gasteiger charge is 2.05. The third kappa shape index (κ3) is 3.72. The molecule has 0 bridgehead atoms. The Kier molecular flexibility index (Phi) is 4.82. The first-order valence-corrected chi connectivity index (χ1v) is 6.67. The van der Waals surface area contributed by atoms with Gasteiger partial charge in [0.05, 0.1) is 6.54 Å². The fourth-order valence-corrected chi connectivity index (χ4v) is 2.13. The number of halogens is 1. The van der Waals surface area contributed by atoms with Crippen LogP contribution in [-0.2, 0) is 13.0 Å². The highest BCUT2D eigenvalue weighted by Crippen LogP contribution is 2.23. The van der Waals surface area contributed by atoms with Gasteiger partial charge >= 0.3 is 0 Å². The van der Waals surface area contributed by atoms with Gasteiger partial charge in [-0.2, -0.15) is 0 Å². The van der Waals surface area contributed by atoms with E-state index in [0.717, 1.165) is 30.1 Å². The van der Waals surface area contributed by atoms with Gasteiger partial charge in [-0.15, -0.1) is 0 Å². The van der Waals surface area contributed by atoms with Gasteiger partial charge in [0.2, 0.25) is 0 Å². The Morgan fingerprint density at radius 2 is 2.26 bits per heavy atom. The molecule has 2 N–H and O–H groups in total. The number of nitrogens with two attached hydrogens (primary N) is 1. The molecule has 0 saturated heterocycles. The SMILES string of the molecule is Cc1nccn1CCOc1ccc(Cl)cc1CCN. The summed E-state index contributed by atoms with van der Waals surface area (Å²) in [6, 6.07) is 5.64. The number of hydrogen-bond donors (Lipinski definition) is 1. The summed E-state index contributed by atoms with van der Waals surface area (Å²) < 4.78 is 7.86. The van der Waals surface area contributed by atoms with E-state index in [-0.39, 0.29) is 0 Å². The zero-order chi connectivity index (χ0) is 13.7. The van der Waals surface area contributed by atoms with Crippen molar-refractivity contribution < 1.29 is 4.74 Å². The summed E-state index contributed by atoms with van der Waals surface area (Å²) in [5.41, 5.74) is 6.65. The van der Waals surface area contributed by atoms with E-state index < -0.39 is 0 Å². The van der Waals surface area contributed by atoms with Crippen molar-refractivity contribution in [3.63, 3.8) is 0 Å². The molecule has 1 heterocycles. The summed E-state index contributed by atoms with van der Waals surface area (Å²) in [5, 5.41) is 0.709. The minimum Gasteiger partial charge on any atom is -0.491 e. The third-order valence-electron chi connectivity index (χ3n) is 2.95. The molecule has 0 saturated carbocycles. The molecule has 0 fully saturated rings. The van der Waals surface area contributed by atoms with Crippen LogP contribution >= 0.6 is 11.6 Å². The first kappa shape index (κ1) is 13.9. The Morgan fingerprint density at radius 3 is 2.95 bits per heavy atom. The van der Waals surface area contributed by atoms with Crippen LogP contribution in [0.5, 0.6) is 5.75 Å². The van der Waals surface area contributed by atoms with Gasteiger partial charge < -0.3 is 15.0 Å². The molecule has 4 nitrogen and oxygen atoms in total. The largest absolute Gasteiger partial charge is 0.491 e. The van der Waals surface area contributed by atoms with E-state index in [4.69, 9.17) is 22.1 Å². The van der Waals surface area contributed by atoms with Crippen molar-refractivity contribution in [2.24, 2.45) is 5.73 Å². The van der Waals surface area contributed by atoms with Gasteiger partial charge in [-0.1, -0.05) is 11.6 Å². The molecule has 0 amide bonds. The lowest BCUT2D eigenvalue weighted by Crippen LogP contribution is -2.11. The van der Waals surface area contributed by atoms with Crippen molar-refractivity contribution >= 4 is 11.6 Å². The van der Waals surface area contributed by atoms with Crippen molar-refractivity contribution in [1.82, 2.24) is 9.55 Å². The average Bonchev–Trinajstić information content (AvgIpc) is 2.78. The third-order valence-corrected chi connectivity index (χ3v) is 3.18. The van der Waals surface area contributed by atoms with Crippen molar-refractivity contribution in [1.29, 1.82) is 0 Å². The fraction of sp³-hybridized carbons (Fsp3) is 0.357. The predicted octanol–water partition coefficient (Wildman–Crippen LogP) is 2.43. The molecule has 0 aliphatic heterocycles. The molecular weight excluding hydrogens is 262 g/mol. The molecule has 1 aromatic carbocycles. The topological polar surface area (TPSA) is 53.1 Å². The maximum atomic E-state index is 5.98. The average molecular weight is 280 g/mol. The van der Waals surface area contributed by atoms with Crippen LogP contribution in [0.3, 0.4) is 0 Å². The normalized spacial score (nSPS) is 10.7. The smallest absolute Gasteiger partial charge is 0.122 e. The second-order valence-corrected chi connectivity index (χ2v) is 4.74. The number of aryl methyl sites for hydroxylation is 1. The summed E-state index contributed by atoms with van der Waals surface area (Å²) in [6.45, 7) is 3.92. The minimum absolute atomic E-state index is 0.581. The Morgan fingerprint density at radius 1 is 1.42 bits per heavy atom. The number of aromatic nitrogens is 2. The molecule has 2 rings (SSSR count). The number of hydrogen-bond acceptors (Lipinski definition) is 3. The van der Waals surface area contributed by atoms with Crippen molar-refractivity contribution in [2.75, 3.05) is 13.2 Å². The lowest BCUT2D eigenvalue weighted by Gasteiger charge is -2.12. The van der Waals surface area contributed by atoms with Crippen LogP contribution in [0.15, 0.2) is 30.6 Å². The summed E-state index contributed by atoms with van der Waals surface area (Å²) >= 11 is 5.98. The fourth-order valence-electron chi connectivity index (χ4n) is 1.93. The second-order valence-electron chi connectivity index (χ2n) is 4.31. The molecule has 0 atom stereocenters. The highest BCUT2D eigenvalue weighted by molar-refractivity contribution is 6.30. The molecular formula is C14H18ClN3O. The van der Waals surface area contributed by atoms with Gasteiger partial charge in [0.15, 0.2) is 0 Å². The van der Waals surface area contributed by atoms with E-state index in [2.05, 4.69) is 9.55 Å². The van der Waals surface area contributed by atoms with E-state index in [0.29, 0.717) is 18.2 Å². The molecule has 5 heteroatoms. The minimum atomic E-state index is 0.581. The quantitative estimate of drug-likeness (QED) is 0.883. The molecule has 0 aliphatic carbocycles. The van der Waals surface area contributed by atoms with Gasteiger partial charge in [-0.25, -0.2) is 4.98 Å². The zero-order valence-corrected chi connectivity index (χ0v) is 11.7. The second kappa shape index (κ2) is 6.59. The van der Waals surface area contributed by atoms with Gasteiger partial charge in [0.25, 0.3) is 0 Å². The monoisotopic (exact) mass is 279 g/mol. The Bertz CT molecular complexity index is 539. The zero-order valence-electron chi connectivity index (χ0n) is 11.0. The molecule has 0 unspecified atom stereocenters. The number of rotatable bonds is 6. The Labute approximate surface area is 118 Å². The summed E-state index contributed by atoms with van der Waals surface area (Å²) in [7, 11) is 0. The van der Waals surface area contributed by atoms with Crippen LogP contribution in [0.2, 0.25) is 5.02 Å². The predicted molar refractivity (Wildman–Crippen MR) is 76.7 cm³/mol. The first-order chi connectivity index (χ1) is 9.20. The lowest BCUT2D eigenvalue weighted by molar-refractivity contribution is 0.294. The highest BCUT2D eigenvalue weighted by atomic mass is 35.5. The lowest BCUT2D eigenvalue weighted by atomic mass is 10.1. The van der Waals surface area contributed by atoms with E-state index in [1.54, 1.807) is 6.20 Å². The number of ether oxygens (including phenoxy) is 1. The van der Waals surface area contributed by atoms with Crippen molar-refractivity contribution in [2.45, 2.75) is 19.9 Å². The Hall–Kier alpha value is -1.52. The summed E-state index contributed by atoms with van der Waals surface area (Å²) in [5.74, 6) is 1.84. The van der Waals surface area contributed by atoms with Crippen LogP contribution in [0.25, 0.3) is 0 Å². The van der Waals surface area contributed by atoms with Gasteiger partial charge in [-0.3, -0.25) is 0 Å². The van der Waals surface area contributed by atoms with Crippen LogP contribution in [0.1, 0.15) is 11.4 Å². The summed E-state index contributed by atoms with van der Waals surface area (Å²) in [4.78, 5) is 4.17. The molecule has 102 valence electrons. The molecule has 0 aliphatic rings. The van der Waals surface area contributed by atoms with Gasteiger partial charge in [-0.05, 0) is 43.7 Å².